The van der Waals surface area contributed by atoms with E-state index in [1.807, 2.05) is 39.8 Å². The molecule has 1 aliphatic carbocycles. The quantitative estimate of drug-likeness (QED) is 0.841. The third kappa shape index (κ3) is 3.97. The molecule has 3 N–H and O–H groups in total. The van der Waals surface area contributed by atoms with Gasteiger partial charge < -0.3 is 15.8 Å². The monoisotopic (exact) mass is 363 g/mol. The number of pyridine rings is 1. The molecule has 2 atom stereocenters. The van der Waals surface area contributed by atoms with Gasteiger partial charge in [0, 0.05) is 24.6 Å². The Morgan fingerprint density at radius 3 is 2.65 bits per heavy atom. The van der Waals surface area contributed by atoms with Gasteiger partial charge in [0.05, 0.1) is 18.3 Å². The van der Waals surface area contributed by atoms with E-state index in [2.05, 4.69) is 10.3 Å². The average molecular weight is 364 g/mol. The van der Waals surface area contributed by atoms with Gasteiger partial charge in [0.25, 0.3) is 0 Å². The number of halogens is 2. The van der Waals surface area contributed by atoms with Crippen LogP contribution >= 0.6 is 24.8 Å². The van der Waals surface area contributed by atoms with E-state index < -0.39 is 5.54 Å². The zero-order valence-electron chi connectivity index (χ0n) is 14.1. The molecule has 0 saturated heterocycles. The standard InChI is InChI=1S/C16H25N3O2.2ClH/c1-5-21-13-9-16(17,15(13,3)4)14(20)19-10-12-11(2)7-6-8-18-12;;/h6-8,13H,5,9-10,17H2,1-4H3,(H,19,20);2*1H. The molecular weight excluding hydrogens is 337 g/mol. The number of amides is 1. The van der Waals surface area contributed by atoms with Gasteiger partial charge in [-0.15, -0.1) is 24.8 Å². The van der Waals surface area contributed by atoms with Crippen molar-refractivity contribution in [3.05, 3.63) is 29.6 Å². The Morgan fingerprint density at radius 2 is 2.13 bits per heavy atom. The number of aromatic nitrogens is 1. The highest BCUT2D eigenvalue weighted by Gasteiger charge is 2.62. The molecule has 0 bridgehead atoms. The predicted molar refractivity (Wildman–Crippen MR) is 96.0 cm³/mol. The maximum Gasteiger partial charge on any atom is 0.241 e. The van der Waals surface area contributed by atoms with Gasteiger partial charge in [0.15, 0.2) is 0 Å². The number of ether oxygens (including phenoxy) is 1. The van der Waals surface area contributed by atoms with Gasteiger partial charge in [0.2, 0.25) is 5.91 Å². The lowest BCUT2D eigenvalue weighted by Crippen LogP contribution is -2.75. The van der Waals surface area contributed by atoms with Crippen LogP contribution in [-0.2, 0) is 16.1 Å². The summed E-state index contributed by atoms with van der Waals surface area (Å²) in [6, 6.07) is 3.86. The minimum atomic E-state index is -0.879. The van der Waals surface area contributed by atoms with Crippen molar-refractivity contribution in [3.63, 3.8) is 0 Å². The number of rotatable bonds is 5. The summed E-state index contributed by atoms with van der Waals surface area (Å²) in [6.45, 7) is 8.95. The third-order valence-corrected chi connectivity index (χ3v) is 4.77. The lowest BCUT2D eigenvalue weighted by Gasteiger charge is -2.57. The number of hydrogen-bond acceptors (Lipinski definition) is 4. The van der Waals surface area contributed by atoms with E-state index in [9.17, 15) is 4.79 Å². The molecule has 1 aliphatic rings. The number of carbonyl (C=O) groups excluding carboxylic acids is 1. The van der Waals surface area contributed by atoms with Crippen LogP contribution in [0.3, 0.4) is 0 Å². The zero-order chi connectivity index (χ0) is 15.7. The van der Waals surface area contributed by atoms with Crippen LogP contribution in [0.25, 0.3) is 0 Å². The normalized spacial score (nSPS) is 24.7. The van der Waals surface area contributed by atoms with Gasteiger partial charge in [-0.05, 0) is 25.5 Å². The van der Waals surface area contributed by atoms with E-state index in [-0.39, 0.29) is 42.2 Å². The van der Waals surface area contributed by atoms with Gasteiger partial charge in [0.1, 0.15) is 5.54 Å². The molecule has 2 unspecified atom stereocenters. The smallest absolute Gasteiger partial charge is 0.241 e. The van der Waals surface area contributed by atoms with Crippen LogP contribution in [0.5, 0.6) is 0 Å². The summed E-state index contributed by atoms with van der Waals surface area (Å²) in [5.41, 5.74) is 7.01. The maximum atomic E-state index is 12.5. The van der Waals surface area contributed by atoms with Crippen LogP contribution < -0.4 is 11.1 Å². The van der Waals surface area contributed by atoms with E-state index in [0.717, 1.165) is 11.3 Å². The van der Waals surface area contributed by atoms with Crippen molar-refractivity contribution < 1.29 is 9.53 Å². The first-order valence-corrected chi connectivity index (χ1v) is 7.42. The predicted octanol–water partition coefficient (Wildman–Crippen LogP) is 2.38. The Balaban J connectivity index is 0.00000242. The highest BCUT2D eigenvalue weighted by atomic mass is 35.5. The van der Waals surface area contributed by atoms with Crippen molar-refractivity contribution in [2.75, 3.05) is 6.61 Å². The van der Waals surface area contributed by atoms with E-state index in [1.165, 1.54) is 0 Å². The van der Waals surface area contributed by atoms with Crippen LogP contribution in [0.15, 0.2) is 18.3 Å². The largest absolute Gasteiger partial charge is 0.378 e. The molecule has 1 aromatic rings. The molecule has 1 heterocycles. The number of nitrogens with one attached hydrogen (secondary N) is 1. The van der Waals surface area contributed by atoms with Crippen molar-refractivity contribution in [2.24, 2.45) is 11.1 Å². The summed E-state index contributed by atoms with van der Waals surface area (Å²) in [7, 11) is 0. The molecule has 2 rings (SSSR count). The van der Waals surface area contributed by atoms with Crippen molar-refractivity contribution in [1.82, 2.24) is 10.3 Å². The van der Waals surface area contributed by atoms with Gasteiger partial charge in [-0.25, -0.2) is 0 Å². The van der Waals surface area contributed by atoms with Crippen LogP contribution in [0, 0.1) is 12.3 Å². The molecule has 23 heavy (non-hydrogen) atoms. The van der Waals surface area contributed by atoms with E-state index >= 15 is 0 Å². The van der Waals surface area contributed by atoms with Crippen molar-refractivity contribution in [1.29, 1.82) is 0 Å². The summed E-state index contributed by atoms with van der Waals surface area (Å²) in [6.07, 6.45) is 2.32. The van der Waals surface area contributed by atoms with Gasteiger partial charge >= 0.3 is 0 Å². The number of nitrogens with two attached hydrogens (primary N) is 1. The average Bonchev–Trinajstić information content (AvgIpc) is 2.45. The summed E-state index contributed by atoms with van der Waals surface area (Å²) in [4.78, 5) is 16.8. The van der Waals surface area contributed by atoms with Crippen LogP contribution in [0.2, 0.25) is 0 Å². The summed E-state index contributed by atoms with van der Waals surface area (Å²) >= 11 is 0. The molecule has 5 nitrogen and oxygen atoms in total. The fraction of sp³-hybridized carbons (Fsp3) is 0.625. The van der Waals surface area contributed by atoms with Crippen molar-refractivity contribution in [2.45, 2.75) is 52.3 Å². The Bertz CT molecular complexity index is 540. The molecule has 1 aromatic heterocycles. The van der Waals surface area contributed by atoms with Crippen molar-refractivity contribution in [3.8, 4) is 0 Å². The number of carbonyl (C=O) groups is 1. The van der Waals surface area contributed by atoms with Gasteiger partial charge in [-0.1, -0.05) is 19.9 Å². The molecule has 0 radical (unpaired) electrons. The minimum absolute atomic E-state index is 0. The van der Waals surface area contributed by atoms with E-state index in [4.69, 9.17) is 10.5 Å². The first kappa shape index (κ1) is 22.1. The fourth-order valence-electron chi connectivity index (χ4n) is 2.85. The van der Waals surface area contributed by atoms with Gasteiger partial charge in [-0.3, -0.25) is 9.78 Å². The zero-order valence-corrected chi connectivity index (χ0v) is 15.7. The molecule has 132 valence electrons. The summed E-state index contributed by atoms with van der Waals surface area (Å²) < 4.78 is 5.65. The molecule has 0 aliphatic heterocycles. The number of aryl methyl sites for hydroxylation is 1. The molecule has 1 fully saturated rings. The Labute approximate surface area is 150 Å². The third-order valence-electron chi connectivity index (χ3n) is 4.77. The van der Waals surface area contributed by atoms with Crippen molar-refractivity contribution >= 4 is 30.7 Å². The molecule has 7 heteroatoms. The highest BCUT2D eigenvalue weighted by Crippen LogP contribution is 2.49. The minimum Gasteiger partial charge on any atom is -0.378 e. The number of nitrogens with zero attached hydrogens (tertiary/aromatic N) is 1. The fourth-order valence-corrected chi connectivity index (χ4v) is 2.85. The number of hydrogen-bond donors (Lipinski definition) is 2. The first-order chi connectivity index (χ1) is 9.83. The lowest BCUT2D eigenvalue weighted by molar-refractivity contribution is -0.170. The highest BCUT2D eigenvalue weighted by molar-refractivity contribution is 5.88. The van der Waals surface area contributed by atoms with Crippen LogP contribution in [0.1, 0.15) is 38.4 Å². The van der Waals surface area contributed by atoms with E-state index in [0.29, 0.717) is 19.6 Å². The Kier molecular flexibility index (Phi) is 7.97. The maximum absolute atomic E-state index is 12.5. The summed E-state index contributed by atoms with van der Waals surface area (Å²) in [5, 5.41) is 2.92. The Hall–Kier alpha value is -0.880. The topological polar surface area (TPSA) is 77.2 Å². The first-order valence-electron chi connectivity index (χ1n) is 7.42. The van der Waals surface area contributed by atoms with Crippen LogP contribution in [0.4, 0.5) is 0 Å². The molecule has 0 spiro atoms. The molecule has 0 aromatic carbocycles. The Morgan fingerprint density at radius 1 is 1.48 bits per heavy atom. The molecule has 1 amide bonds. The SMILES string of the molecule is CCOC1CC(N)(C(=O)NCc2ncccc2C)C1(C)C.Cl.Cl. The molecule has 1 saturated carbocycles. The second-order valence-electron chi connectivity index (χ2n) is 6.29. The lowest BCUT2D eigenvalue weighted by atomic mass is 9.54. The summed E-state index contributed by atoms with van der Waals surface area (Å²) in [5.74, 6) is -0.131. The van der Waals surface area contributed by atoms with Gasteiger partial charge in [-0.2, -0.15) is 0 Å². The second kappa shape index (κ2) is 8.29. The second-order valence-corrected chi connectivity index (χ2v) is 6.29. The van der Waals surface area contributed by atoms with Crippen LogP contribution in [-0.4, -0.2) is 29.1 Å². The molecular formula is C16H27Cl2N3O2. The van der Waals surface area contributed by atoms with E-state index in [1.54, 1.807) is 6.20 Å².